The van der Waals surface area contributed by atoms with Gasteiger partial charge in [-0.05, 0) is 12.8 Å². The lowest BCUT2D eigenvalue weighted by Crippen LogP contribution is -2.29. The number of rotatable bonds is 1. The molecule has 0 unspecified atom stereocenters. The summed E-state index contributed by atoms with van der Waals surface area (Å²) in [5, 5.41) is 0. The average molecular weight is 160 g/mol. The highest BCUT2D eigenvalue weighted by molar-refractivity contribution is 5.73. The minimum atomic E-state index is -0.976. The number of esters is 1. The normalized spacial score (nSPS) is 31.5. The van der Waals surface area contributed by atoms with Gasteiger partial charge >= 0.3 is 5.97 Å². The lowest BCUT2D eigenvalue weighted by molar-refractivity contribution is -0.149. The Labute approximate surface area is 65.7 Å². The highest BCUT2D eigenvalue weighted by atomic mass is 19.1. The van der Waals surface area contributed by atoms with Crippen molar-refractivity contribution in [2.45, 2.75) is 31.9 Å². The maximum atomic E-state index is 13.0. The van der Waals surface area contributed by atoms with E-state index in [1.807, 2.05) is 0 Å². The molecule has 0 heterocycles. The number of alkyl halides is 1. The SMILES string of the molecule is COC(=O)[C@H]1CCCC[C@H]1F. The predicted octanol–water partition coefficient (Wildman–Crippen LogP) is 1.69. The molecule has 11 heavy (non-hydrogen) atoms. The van der Waals surface area contributed by atoms with Gasteiger partial charge in [0.1, 0.15) is 6.17 Å². The molecule has 1 fully saturated rings. The molecule has 0 amide bonds. The lowest BCUT2D eigenvalue weighted by atomic mass is 9.88. The fourth-order valence-corrected chi connectivity index (χ4v) is 1.50. The molecule has 0 aromatic heterocycles. The van der Waals surface area contributed by atoms with E-state index >= 15 is 0 Å². The van der Waals surface area contributed by atoms with Crippen molar-refractivity contribution in [3.05, 3.63) is 0 Å². The summed E-state index contributed by atoms with van der Waals surface area (Å²) in [6.45, 7) is 0. The van der Waals surface area contributed by atoms with Crippen LogP contribution in [0.5, 0.6) is 0 Å². The van der Waals surface area contributed by atoms with Crippen LogP contribution in [0.4, 0.5) is 4.39 Å². The minimum absolute atomic E-state index is 0.391. The molecule has 0 aliphatic heterocycles. The van der Waals surface area contributed by atoms with Crippen LogP contribution >= 0.6 is 0 Å². The zero-order valence-electron chi connectivity index (χ0n) is 6.68. The average Bonchev–Trinajstić information content (AvgIpc) is 2.04. The molecule has 2 nitrogen and oxygen atoms in total. The number of halogens is 1. The zero-order valence-corrected chi connectivity index (χ0v) is 6.68. The van der Waals surface area contributed by atoms with Gasteiger partial charge in [-0.15, -0.1) is 0 Å². The van der Waals surface area contributed by atoms with Gasteiger partial charge in [0, 0.05) is 0 Å². The summed E-state index contributed by atoms with van der Waals surface area (Å²) < 4.78 is 17.5. The molecule has 2 atom stereocenters. The van der Waals surface area contributed by atoms with Gasteiger partial charge in [-0.25, -0.2) is 4.39 Å². The summed E-state index contributed by atoms with van der Waals surface area (Å²) in [7, 11) is 1.31. The third-order valence-electron chi connectivity index (χ3n) is 2.19. The number of carbonyl (C=O) groups is 1. The van der Waals surface area contributed by atoms with Gasteiger partial charge in [-0.3, -0.25) is 4.79 Å². The fourth-order valence-electron chi connectivity index (χ4n) is 1.50. The first kappa shape index (κ1) is 8.50. The minimum Gasteiger partial charge on any atom is -0.469 e. The fraction of sp³-hybridized carbons (Fsp3) is 0.875. The number of ether oxygens (including phenoxy) is 1. The third kappa shape index (κ3) is 1.91. The summed E-state index contributed by atoms with van der Waals surface area (Å²) in [5.74, 6) is -0.883. The molecule has 64 valence electrons. The molecular formula is C8H13FO2. The summed E-state index contributed by atoms with van der Waals surface area (Å²) in [6.07, 6.45) is 2.03. The van der Waals surface area contributed by atoms with Crippen LogP contribution in [-0.2, 0) is 9.53 Å². The second-order valence-electron chi connectivity index (χ2n) is 2.93. The van der Waals surface area contributed by atoms with Gasteiger partial charge in [0.05, 0.1) is 13.0 Å². The van der Waals surface area contributed by atoms with Crippen molar-refractivity contribution in [3.63, 3.8) is 0 Å². The summed E-state index contributed by atoms with van der Waals surface area (Å²) >= 11 is 0. The highest BCUT2D eigenvalue weighted by Crippen LogP contribution is 2.27. The van der Waals surface area contributed by atoms with E-state index in [1.54, 1.807) is 0 Å². The predicted molar refractivity (Wildman–Crippen MR) is 38.9 cm³/mol. The Hall–Kier alpha value is -0.600. The molecule has 0 aromatic carbocycles. The first-order valence-electron chi connectivity index (χ1n) is 3.97. The number of hydrogen-bond donors (Lipinski definition) is 0. The van der Waals surface area contributed by atoms with Crippen LogP contribution < -0.4 is 0 Å². The van der Waals surface area contributed by atoms with Gasteiger partial charge in [0.15, 0.2) is 0 Å². The van der Waals surface area contributed by atoms with E-state index in [1.165, 1.54) is 7.11 Å². The third-order valence-corrected chi connectivity index (χ3v) is 2.19. The Morgan fingerprint density at radius 1 is 1.45 bits per heavy atom. The lowest BCUT2D eigenvalue weighted by Gasteiger charge is -2.22. The van der Waals surface area contributed by atoms with Crippen molar-refractivity contribution >= 4 is 5.97 Å². The first-order chi connectivity index (χ1) is 5.25. The van der Waals surface area contributed by atoms with Crippen molar-refractivity contribution < 1.29 is 13.9 Å². The van der Waals surface area contributed by atoms with Crippen molar-refractivity contribution in [1.29, 1.82) is 0 Å². The summed E-state index contributed by atoms with van der Waals surface area (Å²) in [5.41, 5.74) is 0. The van der Waals surface area contributed by atoms with Gasteiger partial charge < -0.3 is 4.74 Å². The van der Waals surface area contributed by atoms with E-state index in [4.69, 9.17) is 0 Å². The molecule has 1 saturated carbocycles. The monoisotopic (exact) mass is 160 g/mol. The Morgan fingerprint density at radius 3 is 2.64 bits per heavy atom. The second-order valence-corrected chi connectivity index (χ2v) is 2.93. The molecule has 0 N–H and O–H groups in total. The summed E-state index contributed by atoms with van der Waals surface area (Å²) in [6, 6.07) is 0. The molecule has 0 bridgehead atoms. The molecule has 0 aromatic rings. The van der Waals surface area contributed by atoms with Crippen LogP contribution in [0.1, 0.15) is 25.7 Å². The van der Waals surface area contributed by atoms with E-state index in [9.17, 15) is 9.18 Å². The first-order valence-corrected chi connectivity index (χ1v) is 3.97. The molecule has 0 radical (unpaired) electrons. The van der Waals surface area contributed by atoms with Crippen molar-refractivity contribution in [2.75, 3.05) is 7.11 Å². The van der Waals surface area contributed by atoms with Crippen LogP contribution in [0.25, 0.3) is 0 Å². The molecule has 1 rings (SSSR count). The van der Waals surface area contributed by atoms with Crippen LogP contribution in [0.3, 0.4) is 0 Å². The van der Waals surface area contributed by atoms with Crippen LogP contribution in [0.15, 0.2) is 0 Å². The van der Waals surface area contributed by atoms with Gasteiger partial charge in [-0.2, -0.15) is 0 Å². The van der Waals surface area contributed by atoms with Crippen LogP contribution in [0.2, 0.25) is 0 Å². The molecule has 0 spiro atoms. The van der Waals surface area contributed by atoms with E-state index in [0.29, 0.717) is 12.8 Å². The van der Waals surface area contributed by atoms with Gasteiger partial charge in [-0.1, -0.05) is 12.8 Å². The number of hydrogen-bond acceptors (Lipinski definition) is 2. The maximum absolute atomic E-state index is 13.0. The van der Waals surface area contributed by atoms with E-state index in [0.717, 1.165) is 12.8 Å². The zero-order chi connectivity index (χ0) is 8.27. The number of methoxy groups -OCH3 is 1. The quantitative estimate of drug-likeness (QED) is 0.545. The van der Waals surface area contributed by atoms with E-state index in [-0.39, 0.29) is 0 Å². The van der Waals surface area contributed by atoms with Gasteiger partial charge in [0.2, 0.25) is 0 Å². The van der Waals surface area contributed by atoms with Gasteiger partial charge in [0.25, 0.3) is 0 Å². The van der Waals surface area contributed by atoms with Crippen molar-refractivity contribution in [3.8, 4) is 0 Å². The highest BCUT2D eigenvalue weighted by Gasteiger charge is 2.31. The standard InChI is InChI=1S/C8H13FO2/c1-11-8(10)6-4-2-3-5-7(6)9/h6-7H,2-5H2,1H3/t6-,7+/m0/s1. The molecular weight excluding hydrogens is 147 g/mol. The van der Waals surface area contributed by atoms with Crippen molar-refractivity contribution in [1.82, 2.24) is 0 Å². The Bertz CT molecular complexity index is 147. The Morgan fingerprint density at radius 2 is 2.09 bits per heavy atom. The molecule has 3 heteroatoms. The molecule has 1 aliphatic carbocycles. The number of carbonyl (C=O) groups excluding carboxylic acids is 1. The van der Waals surface area contributed by atoms with E-state index in [2.05, 4.69) is 4.74 Å². The van der Waals surface area contributed by atoms with Crippen LogP contribution in [0, 0.1) is 5.92 Å². The largest absolute Gasteiger partial charge is 0.469 e. The Kier molecular flexibility index (Phi) is 2.85. The maximum Gasteiger partial charge on any atom is 0.311 e. The van der Waals surface area contributed by atoms with Crippen molar-refractivity contribution in [2.24, 2.45) is 5.92 Å². The molecule has 0 saturated heterocycles. The topological polar surface area (TPSA) is 26.3 Å². The van der Waals surface area contributed by atoms with Crippen LogP contribution in [-0.4, -0.2) is 19.3 Å². The smallest absolute Gasteiger partial charge is 0.311 e. The van der Waals surface area contributed by atoms with E-state index < -0.39 is 18.1 Å². The summed E-state index contributed by atoms with van der Waals surface area (Å²) in [4.78, 5) is 10.9. The Balaban J connectivity index is 2.47. The second kappa shape index (κ2) is 3.69. The molecule has 1 aliphatic rings.